The predicted octanol–water partition coefficient (Wildman–Crippen LogP) is 2.27. The van der Waals surface area contributed by atoms with Gasteiger partial charge in [-0.3, -0.25) is 4.79 Å². The molecular weight excluding hydrogens is 310 g/mol. The van der Waals surface area contributed by atoms with E-state index in [-0.39, 0.29) is 6.47 Å². The highest BCUT2D eigenvalue weighted by Gasteiger charge is 2.21. The molecule has 0 saturated heterocycles. The molecule has 0 aliphatic carbocycles. The van der Waals surface area contributed by atoms with Gasteiger partial charge in [0.1, 0.15) is 11.9 Å². The number of likely N-dealkylation sites (N-methyl/N-ethyl adjacent to an activating group) is 1. The van der Waals surface area contributed by atoms with Crippen molar-refractivity contribution in [3.8, 4) is 0 Å². The highest BCUT2D eigenvalue weighted by Crippen LogP contribution is 2.33. The van der Waals surface area contributed by atoms with Crippen LogP contribution in [0.5, 0.6) is 0 Å². The minimum absolute atomic E-state index is 0.250. The molecule has 2 heterocycles. The number of aliphatic hydroxyl groups excluding tert-OH is 1. The van der Waals surface area contributed by atoms with Crippen LogP contribution in [0.2, 0.25) is 0 Å². The number of hydrogen-bond donors (Lipinski definition) is 2. The topological polar surface area (TPSA) is 91.0 Å². The van der Waals surface area contributed by atoms with E-state index in [2.05, 4.69) is 18.0 Å². The first-order chi connectivity index (χ1) is 11.5. The van der Waals surface area contributed by atoms with Gasteiger partial charge in [0.05, 0.1) is 5.39 Å². The van der Waals surface area contributed by atoms with Crippen molar-refractivity contribution >= 4 is 22.8 Å². The molecule has 128 valence electrons. The fourth-order valence-electron chi connectivity index (χ4n) is 2.84. The van der Waals surface area contributed by atoms with Crippen molar-refractivity contribution in [2.75, 3.05) is 20.1 Å². The van der Waals surface area contributed by atoms with Crippen LogP contribution in [0.3, 0.4) is 0 Å². The lowest BCUT2D eigenvalue weighted by Gasteiger charge is -2.24. The predicted molar refractivity (Wildman–Crippen MR) is 91.9 cm³/mol. The molecule has 0 amide bonds. The Morgan fingerprint density at radius 1 is 1.29 bits per heavy atom. The molecule has 1 atom stereocenters. The number of aliphatic hydroxyl groups is 1. The molecule has 6 nitrogen and oxygen atoms in total. The number of carboxylic acid groups (broad SMARTS) is 1. The third kappa shape index (κ3) is 3.72. The van der Waals surface area contributed by atoms with E-state index in [0.29, 0.717) is 11.1 Å². The average molecular weight is 331 g/mol. The first-order valence-electron chi connectivity index (χ1n) is 7.69. The van der Waals surface area contributed by atoms with Gasteiger partial charge in [0.15, 0.2) is 0 Å². The van der Waals surface area contributed by atoms with E-state index in [1.807, 2.05) is 18.2 Å². The molecule has 1 aliphatic heterocycles. The molecule has 1 aliphatic rings. The zero-order valence-corrected chi connectivity index (χ0v) is 13.7. The summed E-state index contributed by atoms with van der Waals surface area (Å²) in [6.45, 7) is 3.20. The van der Waals surface area contributed by atoms with Gasteiger partial charge in [-0.15, -0.1) is 0 Å². The van der Waals surface area contributed by atoms with E-state index < -0.39 is 11.7 Å². The summed E-state index contributed by atoms with van der Waals surface area (Å²) in [7, 11) is 2.08. The molecule has 6 heteroatoms. The standard InChI is InChI=1S/C17H19NO3.CH2O2/c1-11(19)16-15(12-7-9-18(2)10-8-12)13-5-3-4-6-14(13)17(20)21-16;2-1-3/h3-7,11,19H,8-10H2,1-2H3;1H,(H,2,3). The maximum Gasteiger partial charge on any atom is 0.343 e. The van der Waals surface area contributed by atoms with Crippen molar-refractivity contribution in [1.29, 1.82) is 0 Å². The summed E-state index contributed by atoms with van der Waals surface area (Å²) in [6, 6.07) is 7.43. The number of hydrogen-bond acceptors (Lipinski definition) is 5. The van der Waals surface area contributed by atoms with Crippen LogP contribution in [0.1, 0.15) is 30.8 Å². The van der Waals surface area contributed by atoms with Crippen LogP contribution >= 0.6 is 0 Å². The van der Waals surface area contributed by atoms with Crippen molar-refractivity contribution in [2.24, 2.45) is 0 Å². The van der Waals surface area contributed by atoms with Crippen molar-refractivity contribution in [1.82, 2.24) is 4.90 Å². The van der Waals surface area contributed by atoms with Gasteiger partial charge in [0, 0.05) is 18.7 Å². The summed E-state index contributed by atoms with van der Waals surface area (Å²) in [4.78, 5) is 22.7. The third-order valence-electron chi connectivity index (χ3n) is 3.98. The molecule has 2 N–H and O–H groups in total. The molecule has 0 bridgehead atoms. The lowest BCUT2D eigenvalue weighted by atomic mass is 9.93. The Morgan fingerprint density at radius 3 is 2.46 bits per heavy atom. The van der Waals surface area contributed by atoms with Crippen molar-refractivity contribution in [3.05, 3.63) is 52.1 Å². The fraction of sp³-hybridized carbons (Fsp3) is 0.333. The van der Waals surface area contributed by atoms with Gasteiger partial charge in [0.25, 0.3) is 6.47 Å². The zero-order chi connectivity index (χ0) is 17.7. The Morgan fingerprint density at radius 2 is 1.92 bits per heavy atom. The molecule has 0 spiro atoms. The van der Waals surface area contributed by atoms with Crippen molar-refractivity contribution in [3.63, 3.8) is 0 Å². The second kappa shape index (κ2) is 7.90. The number of fused-ring (bicyclic) bond motifs is 1. The van der Waals surface area contributed by atoms with Crippen LogP contribution in [-0.4, -0.2) is 41.7 Å². The Bertz CT molecular complexity index is 807. The normalized spacial score (nSPS) is 16.0. The number of nitrogens with zero attached hydrogens (tertiary/aromatic N) is 1. The maximum absolute atomic E-state index is 12.1. The molecule has 3 rings (SSSR count). The van der Waals surface area contributed by atoms with Gasteiger partial charge in [-0.05, 0) is 37.4 Å². The summed E-state index contributed by atoms with van der Waals surface area (Å²) in [5, 5.41) is 18.3. The molecule has 1 unspecified atom stereocenters. The van der Waals surface area contributed by atoms with Gasteiger partial charge in [-0.25, -0.2) is 4.79 Å². The third-order valence-corrected chi connectivity index (χ3v) is 3.98. The molecule has 0 fully saturated rings. The van der Waals surface area contributed by atoms with Gasteiger partial charge in [-0.1, -0.05) is 24.3 Å². The van der Waals surface area contributed by atoms with E-state index in [9.17, 15) is 9.90 Å². The monoisotopic (exact) mass is 331 g/mol. The smallest absolute Gasteiger partial charge is 0.343 e. The molecule has 0 saturated carbocycles. The van der Waals surface area contributed by atoms with E-state index in [4.69, 9.17) is 14.3 Å². The molecular formula is C18H21NO5. The summed E-state index contributed by atoms with van der Waals surface area (Å²) < 4.78 is 5.40. The number of benzene rings is 1. The SMILES string of the molecule is CC(O)c1oc(=O)c2ccccc2c1C1=CCN(C)CC1.O=CO. The highest BCUT2D eigenvalue weighted by molar-refractivity contribution is 5.94. The number of carbonyl (C=O) groups is 1. The van der Waals surface area contributed by atoms with E-state index >= 15 is 0 Å². The molecule has 2 aromatic rings. The van der Waals surface area contributed by atoms with E-state index in [0.717, 1.165) is 36.0 Å². The van der Waals surface area contributed by atoms with Crippen LogP contribution in [0, 0.1) is 0 Å². The second-order valence-electron chi connectivity index (χ2n) is 5.70. The number of rotatable bonds is 2. The average Bonchev–Trinajstić information content (AvgIpc) is 2.56. The Kier molecular flexibility index (Phi) is 5.89. The summed E-state index contributed by atoms with van der Waals surface area (Å²) in [6.07, 6.45) is 2.23. The first kappa shape index (κ1) is 17.9. The van der Waals surface area contributed by atoms with Gasteiger partial charge in [-0.2, -0.15) is 0 Å². The maximum atomic E-state index is 12.1. The molecule has 1 aromatic carbocycles. The zero-order valence-electron chi connectivity index (χ0n) is 13.7. The lowest BCUT2D eigenvalue weighted by molar-refractivity contribution is -0.122. The Hall–Kier alpha value is -2.44. The quantitative estimate of drug-likeness (QED) is 0.820. The summed E-state index contributed by atoms with van der Waals surface area (Å²) in [5.41, 5.74) is 1.64. The molecule has 24 heavy (non-hydrogen) atoms. The largest absolute Gasteiger partial charge is 0.483 e. The summed E-state index contributed by atoms with van der Waals surface area (Å²) in [5.74, 6) is 0.370. The minimum atomic E-state index is -0.808. The van der Waals surface area contributed by atoms with Crippen molar-refractivity contribution in [2.45, 2.75) is 19.4 Å². The first-order valence-corrected chi connectivity index (χ1v) is 7.69. The fourth-order valence-corrected chi connectivity index (χ4v) is 2.84. The van der Waals surface area contributed by atoms with Crippen LogP contribution < -0.4 is 5.63 Å². The van der Waals surface area contributed by atoms with Crippen molar-refractivity contribution < 1.29 is 19.4 Å². The molecule has 1 aromatic heterocycles. The Balaban J connectivity index is 0.000000647. The minimum Gasteiger partial charge on any atom is -0.483 e. The van der Waals surface area contributed by atoms with Gasteiger partial charge in [0.2, 0.25) is 0 Å². The molecule has 0 radical (unpaired) electrons. The summed E-state index contributed by atoms with van der Waals surface area (Å²) >= 11 is 0. The van der Waals surface area contributed by atoms with Crippen LogP contribution in [0.25, 0.3) is 16.3 Å². The lowest BCUT2D eigenvalue weighted by Crippen LogP contribution is -2.24. The van der Waals surface area contributed by atoms with Gasteiger partial charge >= 0.3 is 5.63 Å². The van der Waals surface area contributed by atoms with Crippen LogP contribution in [0.4, 0.5) is 0 Å². The van der Waals surface area contributed by atoms with E-state index in [1.165, 1.54) is 0 Å². The van der Waals surface area contributed by atoms with Gasteiger partial charge < -0.3 is 19.5 Å². The van der Waals surface area contributed by atoms with Crippen LogP contribution in [0.15, 0.2) is 39.6 Å². The Labute approximate surface area is 139 Å². The van der Waals surface area contributed by atoms with Crippen LogP contribution in [-0.2, 0) is 4.79 Å². The highest BCUT2D eigenvalue weighted by atomic mass is 16.4. The second-order valence-corrected chi connectivity index (χ2v) is 5.70. The van der Waals surface area contributed by atoms with E-state index in [1.54, 1.807) is 13.0 Å².